The Hall–Kier alpha value is -3.20. The Labute approximate surface area is 170 Å². The number of carbonyl (C=O) groups is 2. The van der Waals surface area contributed by atoms with E-state index in [9.17, 15) is 23.5 Å². The lowest BCUT2D eigenvalue weighted by Crippen LogP contribution is -2.47. The molecule has 0 unspecified atom stereocenters. The summed E-state index contributed by atoms with van der Waals surface area (Å²) in [5, 5.41) is 21.5. The van der Waals surface area contributed by atoms with Crippen LogP contribution in [0.3, 0.4) is 0 Å². The largest absolute Gasteiger partial charge is 0.508 e. The third-order valence-electron chi connectivity index (χ3n) is 5.82. The highest BCUT2D eigenvalue weighted by Crippen LogP contribution is 2.46. The molecule has 2 aromatic rings. The van der Waals surface area contributed by atoms with Crippen LogP contribution in [0.25, 0.3) is 0 Å². The SMILES string of the molecule is O=C(O)c1c(F)cc(OCCN2CCC3(CC2)C(=O)Nc2ccc(O)cc23)cc1F. The summed E-state index contributed by atoms with van der Waals surface area (Å²) >= 11 is 0. The number of hydrogen-bond donors (Lipinski definition) is 3. The molecule has 9 heteroatoms. The molecule has 2 aromatic carbocycles. The van der Waals surface area contributed by atoms with Gasteiger partial charge < -0.3 is 20.3 Å². The van der Waals surface area contributed by atoms with Crippen molar-refractivity contribution in [2.45, 2.75) is 18.3 Å². The van der Waals surface area contributed by atoms with Crippen molar-refractivity contribution in [3.05, 3.63) is 53.1 Å². The molecule has 1 saturated heterocycles. The van der Waals surface area contributed by atoms with Gasteiger partial charge in [0.15, 0.2) is 0 Å². The molecule has 30 heavy (non-hydrogen) atoms. The van der Waals surface area contributed by atoms with Crippen LogP contribution in [0.5, 0.6) is 11.5 Å². The van der Waals surface area contributed by atoms with Crippen LogP contribution in [0.4, 0.5) is 14.5 Å². The number of aromatic hydroxyl groups is 1. The Kier molecular flexibility index (Phi) is 5.07. The van der Waals surface area contributed by atoms with Gasteiger partial charge >= 0.3 is 5.97 Å². The highest BCUT2D eigenvalue weighted by atomic mass is 19.1. The van der Waals surface area contributed by atoms with Gasteiger partial charge in [-0.15, -0.1) is 0 Å². The fourth-order valence-electron chi connectivity index (χ4n) is 4.19. The Balaban J connectivity index is 1.35. The number of benzene rings is 2. The molecule has 0 aliphatic carbocycles. The van der Waals surface area contributed by atoms with E-state index in [0.717, 1.165) is 23.4 Å². The van der Waals surface area contributed by atoms with Crippen LogP contribution in [0.2, 0.25) is 0 Å². The number of nitrogens with zero attached hydrogens (tertiary/aromatic N) is 1. The van der Waals surface area contributed by atoms with Crippen molar-refractivity contribution in [1.82, 2.24) is 4.90 Å². The summed E-state index contributed by atoms with van der Waals surface area (Å²) in [6.07, 6.45) is 1.15. The van der Waals surface area contributed by atoms with E-state index in [1.807, 2.05) is 0 Å². The molecule has 2 aliphatic rings. The number of nitrogens with one attached hydrogen (secondary N) is 1. The number of carbonyl (C=O) groups excluding carboxylic acids is 1. The molecule has 0 aromatic heterocycles. The van der Waals surface area contributed by atoms with E-state index in [-0.39, 0.29) is 24.0 Å². The quantitative estimate of drug-likeness (QED) is 0.646. The van der Waals surface area contributed by atoms with E-state index in [2.05, 4.69) is 10.2 Å². The van der Waals surface area contributed by atoms with Crippen molar-refractivity contribution in [3.8, 4) is 11.5 Å². The third kappa shape index (κ3) is 3.45. The summed E-state index contributed by atoms with van der Waals surface area (Å²) in [5.74, 6) is -4.08. The Bertz CT molecular complexity index is 995. The zero-order chi connectivity index (χ0) is 21.5. The number of likely N-dealkylation sites (tertiary alicyclic amines) is 1. The highest BCUT2D eigenvalue weighted by molar-refractivity contribution is 6.06. The monoisotopic (exact) mass is 418 g/mol. The van der Waals surface area contributed by atoms with Gasteiger partial charge in [-0.2, -0.15) is 0 Å². The van der Waals surface area contributed by atoms with Crippen LogP contribution in [0, 0.1) is 11.6 Å². The topological polar surface area (TPSA) is 99.1 Å². The summed E-state index contributed by atoms with van der Waals surface area (Å²) in [5.41, 5.74) is -0.134. The van der Waals surface area contributed by atoms with E-state index < -0.39 is 28.6 Å². The molecule has 1 spiro atoms. The van der Waals surface area contributed by atoms with E-state index in [0.29, 0.717) is 32.5 Å². The number of hydrogen-bond acceptors (Lipinski definition) is 5. The van der Waals surface area contributed by atoms with Gasteiger partial charge in [0.1, 0.15) is 35.3 Å². The van der Waals surface area contributed by atoms with Crippen molar-refractivity contribution >= 4 is 17.6 Å². The average Bonchev–Trinajstić information content (AvgIpc) is 2.94. The highest BCUT2D eigenvalue weighted by Gasteiger charge is 2.48. The molecule has 158 valence electrons. The molecule has 4 rings (SSSR count). The molecular weight excluding hydrogens is 398 g/mol. The number of rotatable bonds is 5. The number of carboxylic acid groups (broad SMARTS) is 1. The predicted molar refractivity (Wildman–Crippen MR) is 103 cm³/mol. The minimum atomic E-state index is -1.68. The maximum absolute atomic E-state index is 13.7. The van der Waals surface area contributed by atoms with Crippen molar-refractivity contribution in [2.75, 3.05) is 31.6 Å². The molecule has 1 amide bonds. The van der Waals surface area contributed by atoms with Gasteiger partial charge in [-0.25, -0.2) is 13.6 Å². The number of aromatic carboxylic acids is 1. The van der Waals surface area contributed by atoms with Crippen LogP contribution in [-0.4, -0.2) is 53.2 Å². The Morgan fingerprint density at radius 2 is 1.83 bits per heavy atom. The lowest BCUT2D eigenvalue weighted by Gasteiger charge is -2.37. The van der Waals surface area contributed by atoms with E-state index in [4.69, 9.17) is 9.84 Å². The summed E-state index contributed by atoms with van der Waals surface area (Å²) in [6.45, 7) is 1.87. The Morgan fingerprint density at radius 3 is 2.47 bits per heavy atom. The van der Waals surface area contributed by atoms with Crippen LogP contribution >= 0.6 is 0 Å². The zero-order valence-corrected chi connectivity index (χ0v) is 16.0. The van der Waals surface area contributed by atoms with Gasteiger partial charge in [0, 0.05) is 24.4 Å². The molecule has 0 radical (unpaired) electrons. The second-order valence-electron chi connectivity index (χ2n) is 7.52. The van der Waals surface area contributed by atoms with Gasteiger partial charge in [-0.05, 0) is 49.7 Å². The van der Waals surface area contributed by atoms with E-state index in [1.54, 1.807) is 18.2 Å². The number of phenols is 1. The van der Waals surface area contributed by atoms with Crippen molar-refractivity contribution in [2.24, 2.45) is 0 Å². The second kappa shape index (κ2) is 7.56. The number of halogens is 2. The number of phenolic OH excluding ortho intramolecular Hbond substituents is 1. The minimum Gasteiger partial charge on any atom is -0.508 e. The fraction of sp³-hybridized carbons (Fsp3) is 0.333. The number of carboxylic acids is 1. The maximum Gasteiger partial charge on any atom is 0.341 e. The van der Waals surface area contributed by atoms with Gasteiger partial charge in [0.25, 0.3) is 0 Å². The van der Waals surface area contributed by atoms with Crippen molar-refractivity contribution in [3.63, 3.8) is 0 Å². The number of amides is 1. The third-order valence-corrected chi connectivity index (χ3v) is 5.82. The summed E-state index contributed by atoms with van der Waals surface area (Å²) in [7, 11) is 0. The van der Waals surface area contributed by atoms with Crippen molar-refractivity contribution < 1.29 is 33.3 Å². The second-order valence-corrected chi connectivity index (χ2v) is 7.52. The van der Waals surface area contributed by atoms with Crippen LogP contribution in [-0.2, 0) is 10.2 Å². The molecule has 0 atom stereocenters. The Morgan fingerprint density at radius 1 is 1.17 bits per heavy atom. The minimum absolute atomic E-state index is 0.0662. The lowest BCUT2D eigenvalue weighted by atomic mass is 9.73. The van der Waals surface area contributed by atoms with E-state index in [1.165, 1.54) is 0 Å². The first-order valence-corrected chi connectivity index (χ1v) is 9.52. The van der Waals surface area contributed by atoms with Crippen molar-refractivity contribution in [1.29, 1.82) is 0 Å². The van der Waals surface area contributed by atoms with E-state index >= 15 is 0 Å². The first-order chi connectivity index (χ1) is 14.3. The average molecular weight is 418 g/mol. The first-order valence-electron chi connectivity index (χ1n) is 9.52. The van der Waals surface area contributed by atoms with Gasteiger partial charge in [-0.3, -0.25) is 9.69 Å². The number of piperidine rings is 1. The van der Waals surface area contributed by atoms with Gasteiger partial charge in [0.05, 0.1) is 5.41 Å². The smallest absolute Gasteiger partial charge is 0.341 e. The van der Waals surface area contributed by atoms with Gasteiger partial charge in [0.2, 0.25) is 5.91 Å². The molecule has 2 aliphatic heterocycles. The maximum atomic E-state index is 13.7. The normalized spacial score (nSPS) is 17.6. The summed E-state index contributed by atoms with van der Waals surface area (Å²) in [6, 6.07) is 6.58. The van der Waals surface area contributed by atoms with Crippen LogP contribution in [0.1, 0.15) is 28.8 Å². The summed E-state index contributed by atoms with van der Waals surface area (Å²) in [4.78, 5) is 25.5. The zero-order valence-electron chi connectivity index (χ0n) is 16.0. The summed E-state index contributed by atoms with van der Waals surface area (Å²) < 4.78 is 32.9. The molecule has 0 saturated carbocycles. The number of fused-ring (bicyclic) bond motifs is 2. The molecule has 0 bridgehead atoms. The number of ether oxygens (including phenoxy) is 1. The molecular formula is C21H20F2N2O5. The molecule has 7 nitrogen and oxygen atoms in total. The first kappa shape index (κ1) is 20.1. The molecule has 3 N–H and O–H groups in total. The van der Waals surface area contributed by atoms with Crippen LogP contribution < -0.4 is 10.1 Å². The molecule has 1 fully saturated rings. The standard InChI is InChI=1S/C21H20F2N2O5/c22-15-10-13(11-16(23)18(15)19(27)28)30-8-7-25-5-3-21(4-6-25)14-9-12(26)1-2-17(14)24-20(21)29/h1-2,9-11,26H,3-8H2,(H,24,29)(H,27,28). The predicted octanol–water partition coefficient (Wildman–Crippen LogP) is 2.73. The fourth-order valence-corrected chi connectivity index (χ4v) is 4.19. The number of anilines is 1. The molecule has 2 heterocycles. The van der Waals surface area contributed by atoms with Crippen LogP contribution in [0.15, 0.2) is 30.3 Å². The van der Waals surface area contributed by atoms with Gasteiger partial charge in [-0.1, -0.05) is 0 Å². The lowest BCUT2D eigenvalue weighted by molar-refractivity contribution is -0.122.